The molecule has 12 rings (SSSR count). The number of rotatable bonds is 8. The number of nitrogens with zero attached hydrogens (tertiary/aromatic N) is 4. The van der Waals surface area contributed by atoms with Gasteiger partial charge in [-0.2, -0.15) is 0 Å². The normalized spacial score (nSPS) is 11.5. The van der Waals surface area contributed by atoms with E-state index in [4.69, 9.17) is 4.98 Å². The van der Waals surface area contributed by atoms with Crippen molar-refractivity contribution in [3.63, 3.8) is 0 Å². The summed E-state index contributed by atoms with van der Waals surface area (Å²) < 4.78 is 2.42. The molecule has 0 radical (unpaired) electrons. The first-order valence-corrected chi connectivity index (χ1v) is 21.5. The SMILES string of the molecule is c1ccc(N(c2ccccc2)c2ccc(N(c3ccc(-c4nc5ccccc5c5ccc6c7ccccc7n(-c7ccccc7)c6c45)cc3)c3ccc4ccccc4c3)cc2)cc1. The van der Waals surface area contributed by atoms with Gasteiger partial charge in [-0.3, -0.25) is 0 Å². The van der Waals surface area contributed by atoms with Crippen LogP contribution in [0.3, 0.4) is 0 Å². The zero-order valence-corrected chi connectivity index (χ0v) is 34.4. The summed E-state index contributed by atoms with van der Waals surface area (Å²) in [6, 6.07) is 86.8. The fraction of sp³-hybridized carbons (Fsp3) is 0. The molecule has 0 aliphatic rings. The van der Waals surface area contributed by atoms with Crippen LogP contribution in [0, 0.1) is 0 Å². The Bertz CT molecular complexity index is 3560. The van der Waals surface area contributed by atoms with Crippen LogP contribution >= 0.6 is 0 Å². The molecule has 0 spiro atoms. The topological polar surface area (TPSA) is 24.3 Å². The molecule has 63 heavy (non-hydrogen) atoms. The van der Waals surface area contributed by atoms with E-state index in [1.54, 1.807) is 0 Å². The maximum atomic E-state index is 5.50. The van der Waals surface area contributed by atoms with Crippen LogP contribution in [0.2, 0.25) is 0 Å². The minimum absolute atomic E-state index is 0.962. The van der Waals surface area contributed by atoms with Gasteiger partial charge in [-0.25, -0.2) is 4.98 Å². The van der Waals surface area contributed by atoms with Crippen LogP contribution in [0.4, 0.5) is 34.1 Å². The lowest BCUT2D eigenvalue weighted by molar-refractivity contribution is 1.19. The Morgan fingerprint density at radius 1 is 0.333 bits per heavy atom. The molecule has 12 aromatic rings. The van der Waals surface area contributed by atoms with Gasteiger partial charge in [-0.05, 0) is 113 Å². The van der Waals surface area contributed by atoms with Gasteiger partial charge in [0.15, 0.2) is 0 Å². The summed E-state index contributed by atoms with van der Waals surface area (Å²) >= 11 is 0. The fourth-order valence-electron chi connectivity index (χ4n) is 9.43. The highest BCUT2D eigenvalue weighted by atomic mass is 15.2. The summed E-state index contributed by atoms with van der Waals surface area (Å²) in [5.41, 5.74) is 12.9. The molecule has 0 saturated heterocycles. The molecule has 0 atom stereocenters. The predicted molar refractivity (Wildman–Crippen MR) is 266 cm³/mol. The molecule has 0 fully saturated rings. The van der Waals surface area contributed by atoms with E-state index in [2.05, 4.69) is 257 Å². The molecule has 0 unspecified atom stereocenters. The maximum Gasteiger partial charge on any atom is 0.0809 e. The average molecular weight is 805 g/mol. The molecule has 2 aromatic heterocycles. The van der Waals surface area contributed by atoms with Crippen LogP contribution in [0.15, 0.2) is 243 Å². The summed E-state index contributed by atoms with van der Waals surface area (Å²) in [5.74, 6) is 0. The molecule has 0 bridgehead atoms. The van der Waals surface area contributed by atoms with Crippen molar-refractivity contribution in [2.75, 3.05) is 9.80 Å². The van der Waals surface area contributed by atoms with Crippen molar-refractivity contribution in [3.8, 4) is 16.9 Å². The summed E-state index contributed by atoms with van der Waals surface area (Å²) in [7, 11) is 0. The lowest BCUT2D eigenvalue weighted by atomic mass is 9.97. The number of anilines is 6. The second-order valence-electron chi connectivity index (χ2n) is 16.0. The minimum Gasteiger partial charge on any atom is -0.311 e. The molecule has 2 heterocycles. The second kappa shape index (κ2) is 15.2. The number of pyridine rings is 1. The molecule has 296 valence electrons. The van der Waals surface area contributed by atoms with Crippen LogP contribution < -0.4 is 9.80 Å². The van der Waals surface area contributed by atoms with Gasteiger partial charge in [-0.1, -0.05) is 146 Å². The summed E-state index contributed by atoms with van der Waals surface area (Å²) in [5, 5.41) is 8.30. The first-order valence-electron chi connectivity index (χ1n) is 21.5. The number of aromatic nitrogens is 2. The highest BCUT2D eigenvalue weighted by Gasteiger charge is 2.21. The Labute approximate surface area is 365 Å². The Kier molecular flexibility index (Phi) is 8.79. The molecule has 0 saturated carbocycles. The fourth-order valence-corrected chi connectivity index (χ4v) is 9.43. The Morgan fingerprint density at radius 2 is 0.825 bits per heavy atom. The van der Waals surface area contributed by atoms with Gasteiger partial charge in [-0.15, -0.1) is 0 Å². The van der Waals surface area contributed by atoms with Gasteiger partial charge >= 0.3 is 0 Å². The third-order valence-corrected chi connectivity index (χ3v) is 12.3. The highest BCUT2D eigenvalue weighted by molar-refractivity contribution is 6.25. The molecule has 0 N–H and O–H groups in total. The quantitative estimate of drug-likeness (QED) is 0.143. The van der Waals surface area contributed by atoms with E-state index in [0.717, 1.165) is 72.9 Å². The van der Waals surface area contributed by atoms with E-state index in [9.17, 15) is 0 Å². The van der Waals surface area contributed by atoms with Gasteiger partial charge in [0.1, 0.15) is 0 Å². The lowest BCUT2D eigenvalue weighted by Crippen LogP contribution is -2.12. The van der Waals surface area contributed by atoms with Crippen LogP contribution in [0.25, 0.3) is 71.2 Å². The van der Waals surface area contributed by atoms with Crippen molar-refractivity contribution >= 4 is 88.4 Å². The molecule has 4 heteroatoms. The van der Waals surface area contributed by atoms with Crippen molar-refractivity contribution in [2.45, 2.75) is 0 Å². The summed E-state index contributed by atoms with van der Waals surface area (Å²) in [6.07, 6.45) is 0. The van der Waals surface area contributed by atoms with Gasteiger partial charge in [0.25, 0.3) is 0 Å². The Balaban J connectivity index is 1.04. The van der Waals surface area contributed by atoms with E-state index in [1.807, 2.05) is 0 Å². The first kappa shape index (κ1) is 36.4. The molecular formula is C59H40N4. The predicted octanol–water partition coefficient (Wildman–Crippen LogP) is 16.2. The van der Waals surface area contributed by atoms with Crippen LogP contribution in [0.5, 0.6) is 0 Å². The zero-order chi connectivity index (χ0) is 41.7. The third-order valence-electron chi connectivity index (χ3n) is 12.3. The average Bonchev–Trinajstić information content (AvgIpc) is 3.70. The van der Waals surface area contributed by atoms with Crippen molar-refractivity contribution in [1.82, 2.24) is 9.55 Å². The van der Waals surface area contributed by atoms with E-state index in [-0.39, 0.29) is 0 Å². The molecule has 0 aliphatic heterocycles. The molecule has 10 aromatic carbocycles. The van der Waals surface area contributed by atoms with E-state index >= 15 is 0 Å². The monoisotopic (exact) mass is 804 g/mol. The lowest BCUT2D eigenvalue weighted by Gasteiger charge is -2.28. The summed E-state index contributed by atoms with van der Waals surface area (Å²) in [6.45, 7) is 0. The van der Waals surface area contributed by atoms with Crippen molar-refractivity contribution in [3.05, 3.63) is 243 Å². The van der Waals surface area contributed by atoms with Crippen LogP contribution in [0.1, 0.15) is 0 Å². The van der Waals surface area contributed by atoms with Gasteiger partial charge in [0, 0.05) is 66.9 Å². The number of hydrogen-bond acceptors (Lipinski definition) is 3. The molecule has 0 amide bonds. The Morgan fingerprint density at radius 3 is 1.51 bits per heavy atom. The largest absolute Gasteiger partial charge is 0.311 e. The molecular weight excluding hydrogens is 765 g/mol. The van der Waals surface area contributed by atoms with Gasteiger partial charge < -0.3 is 14.4 Å². The van der Waals surface area contributed by atoms with E-state index in [0.29, 0.717) is 0 Å². The summed E-state index contributed by atoms with van der Waals surface area (Å²) in [4.78, 5) is 10.2. The zero-order valence-electron chi connectivity index (χ0n) is 34.4. The maximum absolute atomic E-state index is 5.50. The Hall–Kier alpha value is -8.47. The molecule has 0 aliphatic carbocycles. The van der Waals surface area contributed by atoms with Gasteiger partial charge in [0.05, 0.1) is 22.2 Å². The van der Waals surface area contributed by atoms with Crippen molar-refractivity contribution < 1.29 is 0 Å². The number of benzene rings is 10. The van der Waals surface area contributed by atoms with E-state index in [1.165, 1.54) is 32.4 Å². The van der Waals surface area contributed by atoms with Crippen molar-refractivity contribution in [1.29, 1.82) is 0 Å². The highest BCUT2D eigenvalue weighted by Crippen LogP contribution is 2.44. The minimum atomic E-state index is 0.962. The number of fused-ring (bicyclic) bond motifs is 8. The standard InChI is InChI=1S/C59H40N4/c1-4-18-44(19-5-1)61(45-20-6-2-7-21-45)48-34-36-49(37-35-48)62(50-33-28-41-16-10-11-17-43(41)40-50)47-31-29-42(30-32-47)58-57-53(51-24-12-14-26-55(51)60-58)38-39-54-52-25-13-15-27-56(52)63(59(54)57)46-22-8-3-9-23-46/h1-40H. The smallest absolute Gasteiger partial charge is 0.0809 e. The molecule has 4 nitrogen and oxygen atoms in total. The van der Waals surface area contributed by atoms with Gasteiger partial charge in [0.2, 0.25) is 0 Å². The third kappa shape index (κ3) is 6.27. The number of hydrogen-bond donors (Lipinski definition) is 0. The van der Waals surface area contributed by atoms with Crippen molar-refractivity contribution in [2.24, 2.45) is 0 Å². The van der Waals surface area contributed by atoms with E-state index < -0.39 is 0 Å². The second-order valence-corrected chi connectivity index (χ2v) is 16.0. The first-order chi connectivity index (χ1) is 31.3. The van der Waals surface area contributed by atoms with Crippen LogP contribution in [-0.2, 0) is 0 Å². The number of para-hydroxylation sites is 5. The van der Waals surface area contributed by atoms with Crippen LogP contribution in [-0.4, -0.2) is 9.55 Å².